The van der Waals surface area contributed by atoms with Crippen LogP contribution in [0.1, 0.15) is 27.2 Å². The van der Waals surface area contributed by atoms with E-state index in [1.165, 1.54) is 0 Å². The van der Waals surface area contributed by atoms with Crippen LogP contribution in [-0.2, 0) is 14.4 Å². The van der Waals surface area contributed by atoms with E-state index >= 15 is 0 Å². The summed E-state index contributed by atoms with van der Waals surface area (Å²) in [5.74, 6) is -2.35. The van der Waals surface area contributed by atoms with E-state index in [1.54, 1.807) is 69.3 Å². The van der Waals surface area contributed by atoms with Crippen molar-refractivity contribution in [1.29, 1.82) is 0 Å². The van der Waals surface area contributed by atoms with E-state index in [4.69, 9.17) is 12.2 Å². The first-order chi connectivity index (χ1) is 13.8. The third kappa shape index (κ3) is 5.48. The minimum absolute atomic E-state index is 0.0548. The lowest BCUT2D eigenvalue weighted by Gasteiger charge is -2.32. The Labute approximate surface area is 176 Å². The molecule has 0 bridgehead atoms. The SMILES string of the molecule is CCC(NC(=O)C(C)C(C)=S)(C(=O)Nc1ccccc1)C(=O)Nc1ccccc1. The highest BCUT2D eigenvalue weighted by Crippen LogP contribution is 2.20. The van der Waals surface area contributed by atoms with Crippen LogP contribution in [0.15, 0.2) is 60.7 Å². The molecule has 1 atom stereocenters. The van der Waals surface area contributed by atoms with Gasteiger partial charge in [-0.25, -0.2) is 0 Å². The first kappa shape index (κ1) is 22.2. The van der Waals surface area contributed by atoms with Gasteiger partial charge < -0.3 is 16.0 Å². The molecule has 0 fully saturated rings. The molecule has 0 aromatic heterocycles. The molecular formula is C22H25N3O3S. The van der Waals surface area contributed by atoms with Gasteiger partial charge in [0, 0.05) is 16.2 Å². The number of anilines is 2. The fourth-order valence-electron chi connectivity index (χ4n) is 2.65. The molecule has 29 heavy (non-hydrogen) atoms. The number of nitrogens with one attached hydrogen (secondary N) is 3. The highest BCUT2D eigenvalue weighted by Gasteiger charge is 2.46. The van der Waals surface area contributed by atoms with Crippen molar-refractivity contribution in [3.8, 4) is 0 Å². The Morgan fingerprint density at radius 1 is 0.897 bits per heavy atom. The van der Waals surface area contributed by atoms with Crippen molar-refractivity contribution < 1.29 is 14.4 Å². The third-order valence-corrected chi connectivity index (χ3v) is 5.06. The molecule has 152 valence electrons. The molecule has 0 saturated heterocycles. The number of para-hydroxylation sites is 2. The Hall–Kier alpha value is -3.06. The van der Waals surface area contributed by atoms with Gasteiger partial charge in [-0.15, -0.1) is 0 Å². The van der Waals surface area contributed by atoms with Gasteiger partial charge in [0.05, 0.1) is 5.92 Å². The van der Waals surface area contributed by atoms with Crippen LogP contribution < -0.4 is 16.0 Å². The molecule has 0 radical (unpaired) electrons. The normalized spacial score (nSPS) is 11.8. The minimum atomic E-state index is -1.80. The summed E-state index contributed by atoms with van der Waals surface area (Å²) in [5.41, 5.74) is -0.755. The third-order valence-electron chi connectivity index (χ3n) is 4.71. The lowest BCUT2D eigenvalue weighted by atomic mass is 9.91. The first-order valence-electron chi connectivity index (χ1n) is 9.35. The molecule has 0 aliphatic heterocycles. The van der Waals surface area contributed by atoms with Crippen LogP contribution in [0.3, 0.4) is 0 Å². The summed E-state index contributed by atoms with van der Waals surface area (Å²) in [5, 5.41) is 8.10. The first-order valence-corrected chi connectivity index (χ1v) is 9.76. The van der Waals surface area contributed by atoms with Crippen LogP contribution in [-0.4, -0.2) is 28.1 Å². The zero-order valence-corrected chi connectivity index (χ0v) is 17.5. The van der Waals surface area contributed by atoms with Gasteiger partial charge >= 0.3 is 0 Å². The number of hydrogen-bond acceptors (Lipinski definition) is 4. The molecule has 2 rings (SSSR count). The Kier molecular flexibility index (Phi) is 7.61. The molecular weight excluding hydrogens is 386 g/mol. The highest BCUT2D eigenvalue weighted by atomic mass is 32.1. The number of carbonyl (C=O) groups excluding carboxylic acids is 3. The summed E-state index contributed by atoms with van der Waals surface area (Å²) < 4.78 is 0. The second-order valence-corrected chi connectivity index (χ2v) is 7.36. The Bertz CT molecular complexity index is 831. The molecule has 0 heterocycles. The molecule has 0 saturated carbocycles. The maximum Gasteiger partial charge on any atom is 0.259 e. The van der Waals surface area contributed by atoms with Crippen LogP contribution in [0.2, 0.25) is 0 Å². The maximum atomic E-state index is 13.2. The van der Waals surface area contributed by atoms with Crippen molar-refractivity contribution in [2.45, 2.75) is 32.7 Å². The predicted molar refractivity (Wildman–Crippen MR) is 119 cm³/mol. The lowest BCUT2D eigenvalue weighted by molar-refractivity contribution is -0.139. The van der Waals surface area contributed by atoms with Gasteiger partial charge in [-0.3, -0.25) is 14.4 Å². The number of benzene rings is 2. The van der Waals surface area contributed by atoms with Crippen molar-refractivity contribution >= 4 is 46.2 Å². The van der Waals surface area contributed by atoms with Gasteiger partial charge in [0.2, 0.25) is 5.91 Å². The van der Waals surface area contributed by atoms with E-state index < -0.39 is 29.2 Å². The summed E-state index contributed by atoms with van der Waals surface area (Å²) in [7, 11) is 0. The van der Waals surface area contributed by atoms with Gasteiger partial charge in [0.15, 0.2) is 5.54 Å². The molecule has 0 spiro atoms. The van der Waals surface area contributed by atoms with E-state index in [0.29, 0.717) is 16.2 Å². The van der Waals surface area contributed by atoms with Crippen LogP contribution in [0.4, 0.5) is 11.4 Å². The number of rotatable bonds is 8. The quantitative estimate of drug-likeness (QED) is 0.458. The molecule has 2 aromatic carbocycles. The van der Waals surface area contributed by atoms with E-state index in [1.807, 2.05) is 12.1 Å². The van der Waals surface area contributed by atoms with Crippen LogP contribution in [0.25, 0.3) is 0 Å². The Balaban J connectivity index is 2.37. The van der Waals surface area contributed by atoms with E-state index in [9.17, 15) is 14.4 Å². The standard InChI is InChI=1S/C22H25N3O3S/c1-4-22(25-19(26)15(2)16(3)29,20(27)23-17-11-7-5-8-12-17)21(28)24-18-13-9-6-10-14-18/h5-15H,4H2,1-3H3,(H,23,27)(H,24,28)(H,25,26). The van der Waals surface area contributed by atoms with Gasteiger partial charge in [-0.2, -0.15) is 0 Å². The Morgan fingerprint density at radius 3 is 1.66 bits per heavy atom. The average molecular weight is 412 g/mol. The second-order valence-electron chi connectivity index (χ2n) is 6.72. The average Bonchev–Trinajstić information content (AvgIpc) is 2.72. The molecule has 3 N–H and O–H groups in total. The molecule has 3 amide bonds. The highest BCUT2D eigenvalue weighted by molar-refractivity contribution is 7.80. The van der Waals surface area contributed by atoms with E-state index in [-0.39, 0.29) is 6.42 Å². The van der Waals surface area contributed by atoms with Crippen LogP contribution >= 0.6 is 12.2 Å². The number of amides is 3. The van der Waals surface area contributed by atoms with Crippen molar-refractivity contribution in [3.63, 3.8) is 0 Å². The predicted octanol–water partition coefficient (Wildman–Crippen LogP) is 3.55. The summed E-state index contributed by atoms with van der Waals surface area (Å²) in [6, 6.07) is 17.5. The monoisotopic (exact) mass is 411 g/mol. The fraction of sp³-hybridized carbons (Fsp3) is 0.273. The second kappa shape index (κ2) is 9.93. The molecule has 2 aromatic rings. The summed E-state index contributed by atoms with van der Waals surface area (Å²) in [4.78, 5) is 39.6. The van der Waals surface area contributed by atoms with Crippen molar-refractivity contribution in [3.05, 3.63) is 60.7 Å². The minimum Gasteiger partial charge on any atom is -0.334 e. The number of hydrogen-bond donors (Lipinski definition) is 3. The summed E-state index contributed by atoms with van der Waals surface area (Å²) >= 11 is 5.10. The zero-order chi connectivity index (χ0) is 21.4. The smallest absolute Gasteiger partial charge is 0.259 e. The van der Waals surface area contributed by atoms with Gasteiger partial charge in [0.25, 0.3) is 11.8 Å². The van der Waals surface area contributed by atoms with Gasteiger partial charge in [-0.1, -0.05) is 55.5 Å². The van der Waals surface area contributed by atoms with Crippen LogP contribution in [0, 0.1) is 5.92 Å². The molecule has 6 nitrogen and oxygen atoms in total. The van der Waals surface area contributed by atoms with E-state index in [2.05, 4.69) is 16.0 Å². The topological polar surface area (TPSA) is 87.3 Å². The number of thiocarbonyl (C=S) groups is 1. The number of carbonyl (C=O) groups is 3. The lowest BCUT2D eigenvalue weighted by Crippen LogP contribution is -2.64. The fourth-order valence-corrected chi connectivity index (χ4v) is 2.75. The maximum absolute atomic E-state index is 13.2. The zero-order valence-electron chi connectivity index (χ0n) is 16.7. The van der Waals surface area contributed by atoms with Gasteiger partial charge in [-0.05, 0) is 44.5 Å². The summed E-state index contributed by atoms with van der Waals surface area (Å²) in [6.07, 6.45) is 0.0548. The van der Waals surface area contributed by atoms with Crippen LogP contribution in [0.5, 0.6) is 0 Å². The van der Waals surface area contributed by atoms with Crippen molar-refractivity contribution in [2.24, 2.45) is 5.92 Å². The molecule has 1 unspecified atom stereocenters. The van der Waals surface area contributed by atoms with Crippen molar-refractivity contribution in [2.75, 3.05) is 10.6 Å². The largest absolute Gasteiger partial charge is 0.334 e. The van der Waals surface area contributed by atoms with Gasteiger partial charge in [0.1, 0.15) is 0 Å². The summed E-state index contributed by atoms with van der Waals surface area (Å²) in [6.45, 7) is 4.97. The van der Waals surface area contributed by atoms with Crippen molar-refractivity contribution in [1.82, 2.24) is 5.32 Å². The Morgan fingerprint density at radius 2 is 1.31 bits per heavy atom. The molecule has 0 aliphatic rings. The van der Waals surface area contributed by atoms with E-state index in [0.717, 1.165) is 0 Å². The molecule has 0 aliphatic carbocycles. The molecule has 7 heteroatoms.